The van der Waals surface area contributed by atoms with Crippen LogP contribution in [-0.2, 0) is 0 Å². The van der Waals surface area contributed by atoms with Gasteiger partial charge in [-0.2, -0.15) is 4.98 Å². The average molecular weight is 285 g/mol. The maximum atomic E-state index is 12.1. The fourth-order valence-electron chi connectivity index (χ4n) is 2.42. The average Bonchev–Trinajstić information content (AvgIpc) is 3.21. The van der Waals surface area contributed by atoms with Gasteiger partial charge in [-0.05, 0) is 37.1 Å². The second kappa shape index (κ2) is 4.66. The Bertz CT molecular complexity index is 670. The van der Waals surface area contributed by atoms with E-state index in [0.717, 1.165) is 24.2 Å². The molecule has 1 saturated carbocycles. The lowest BCUT2D eigenvalue weighted by Crippen LogP contribution is -2.53. The second-order valence-electron chi connectivity index (χ2n) is 5.67. The number of hydrogen-bond acceptors (Lipinski definition) is 5. The molecule has 108 valence electrons. The van der Waals surface area contributed by atoms with Crippen LogP contribution in [0.2, 0.25) is 0 Å². The zero-order valence-corrected chi connectivity index (χ0v) is 11.4. The lowest BCUT2D eigenvalue weighted by atomic mass is 10.1. The number of rotatable bonds is 3. The van der Waals surface area contributed by atoms with Crippen LogP contribution in [0.3, 0.4) is 0 Å². The number of carbonyl (C=O) groups is 1. The molecule has 1 saturated heterocycles. The van der Waals surface area contributed by atoms with Crippen molar-refractivity contribution in [3.8, 4) is 11.5 Å². The molecule has 0 spiro atoms. The zero-order valence-electron chi connectivity index (χ0n) is 11.4. The summed E-state index contributed by atoms with van der Waals surface area (Å²) in [5, 5.41) is 13.2. The molecule has 0 unspecified atom stereocenters. The van der Waals surface area contributed by atoms with Gasteiger partial charge in [0.1, 0.15) is 0 Å². The van der Waals surface area contributed by atoms with Crippen LogP contribution in [0.25, 0.3) is 11.5 Å². The third-order valence-corrected chi connectivity index (χ3v) is 3.91. The highest BCUT2D eigenvalue weighted by atomic mass is 16.5. The van der Waals surface area contributed by atoms with Crippen molar-refractivity contribution in [1.82, 2.24) is 15.0 Å². The van der Waals surface area contributed by atoms with Gasteiger partial charge < -0.3 is 14.5 Å². The van der Waals surface area contributed by atoms with E-state index in [0.29, 0.717) is 30.5 Å². The highest BCUT2D eigenvalue weighted by Crippen LogP contribution is 2.38. The van der Waals surface area contributed by atoms with Gasteiger partial charge in [0.2, 0.25) is 0 Å². The van der Waals surface area contributed by atoms with E-state index in [1.54, 1.807) is 17.0 Å². The molecular formula is C15H15N3O3. The minimum atomic E-state index is -0.382. The van der Waals surface area contributed by atoms with E-state index in [9.17, 15) is 9.90 Å². The first-order chi connectivity index (χ1) is 10.2. The van der Waals surface area contributed by atoms with Crippen molar-refractivity contribution in [1.29, 1.82) is 0 Å². The summed E-state index contributed by atoms with van der Waals surface area (Å²) < 4.78 is 5.26. The molecule has 0 atom stereocenters. The van der Waals surface area contributed by atoms with E-state index in [-0.39, 0.29) is 12.0 Å². The Kier molecular flexibility index (Phi) is 2.78. The minimum Gasteiger partial charge on any atom is -0.389 e. The molecule has 2 aromatic rings. The van der Waals surface area contributed by atoms with Crippen molar-refractivity contribution in [2.24, 2.45) is 0 Å². The van der Waals surface area contributed by atoms with E-state index in [1.807, 2.05) is 12.1 Å². The highest BCUT2D eigenvalue weighted by Gasteiger charge is 2.30. The molecule has 0 radical (unpaired) electrons. The number of amides is 1. The van der Waals surface area contributed by atoms with Crippen molar-refractivity contribution in [2.75, 3.05) is 13.1 Å². The lowest BCUT2D eigenvalue weighted by molar-refractivity contribution is 0.00589. The highest BCUT2D eigenvalue weighted by molar-refractivity contribution is 5.95. The molecule has 1 amide bonds. The molecule has 1 aliphatic carbocycles. The fraction of sp³-hybridized carbons (Fsp3) is 0.400. The largest absolute Gasteiger partial charge is 0.389 e. The normalized spacial score (nSPS) is 18.6. The molecule has 0 bridgehead atoms. The van der Waals surface area contributed by atoms with E-state index in [1.165, 1.54) is 0 Å². The quantitative estimate of drug-likeness (QED) is 0.923. The summed E-state index contributed by atoms with van der Waals surface area (Å²) in [6, 6.07) is 7.13. The Balaban J connectivity index is 1.51. The molecule has 6 nitrogen and oxygen atoms in total. The Morgan fingerprint density at radius 2 is 1.95 bits per heavy atom. The molecule has 2 heterocycles. The third kappa shape index (κ3) is 2.31. The Hall–Kier alpha value is -2.21. The van der Waals surface area contributed by atoms with Gasteiger partial charge in [0.15, 0.2) is 5.82 Å². The van der Waals surface area contributed by atoms with Gasteiger partial charge in [0.05, 0.1) is 6.10 Å². The van der Waals surface area contributed by atoms with Crippen molar-refractivity contribution in [3.05, 3.63) is 35.7 Å². The van der Waals surface area contributed by atoms with Gasteiger partial charge in [0, 0.05) is 30.1 Å². The number of aliphatic hydroxyl groups is 1. The van der Waals surface area contributed by atoms with Gasteiger partial charge >= 0.3 is 0 Å². The first-order valence-electron chi connectivity index (χ1n) is 7.12. The van der Waals surface area contributed by atoms with Crippen LogP contribution in [0.5, 0.6) is 0 Å². The number of carbonyl (C=O) groups excluding carboxylic acids is 1. The Labute approximate surface area is 121 Å². The van der Waals surface area contributed by atoms with E-state index in [2.05, 4.69) is 10.1 Å². The van der Waals surface area contributed by atoms with E-state index < -0.39 is 0 Å². The fourth-order valence-corrected chi connectivity index (χ4v) is 2.42. The van der Waals surface area contributed by atoms with Crippen molar-refractivity contribution in [2.45, 2.75) is 24.9 Å². The van der Waals surface area contributed by atoms with E-state index in [4.69, 9.17) is 4.52 Å². The number of aromatic nitrogens is 2. The standard InChI is InChI=1S/C15H15N3O3/c19-12-7-18(8-12)15(20)11-5-3-10(4-6-11)14-16-13(17-21-14)9-1-2-9/h3-6,9,12,19H,1-2,7-8H2. The number of likely N-dealkylation sites (tertiary alicyclic amines) is 1. The van der Waals surface area contributed by atoms with Gasteiger partial charge in [-0.25, -0.2) is 0 Å². The van der Waals surface area contributed by atoms with Gasteiger partial charge in [0.25, 0.3) is 11.8 Å². The van der Waals surface area contributed by atoms with Crippen LogP contribution < -0.4 is 0 Å². The molecule has 1 N–H and O–H groups in total. The number of benzene rings is 1. The second-order valence-corrected chi connectivity index (χ2v) is 5.67. The Morgan fingerprint density at radius 3 is 2.57 bits per heavy atom. The topological polar surface area (TPSA) is 79.5 Å². The molecule has 6 heteroatoms. The summed E-state index contributed by atoms with van der Waals surface area (Å²) >= 11 is 0. The Morgan fingerprint density at radius 1 is 1.24 bits per heavy atom. The molecule has 21 heavy (non-hydrogen) atoms. The molecule has 1 aromatic carbocycles. The predicted octanol–water partition coefficient (Wildman–Crippen LogP) is 1.43. The van der Waals surface area contributed by atoms with Crippen molar-refractivity contribution < 1.29 is 14.4 Å². The summed E-state index contributed by atoms with van der Waals surface area (Å²) in [7, 11) is 0. The first kappa shape index (κ1) is 12.5. The van der Waals surface area contributed by atoms with Crippen LogP contribution in [0, 0.1) is 0 Å². The van der Waals surface area contributed by atoms with Crippen LogP contribution in [-0.4, -0.2) is 45.2 Å². The number of nitrogens with zero attached hydrogens (tertiary/aromatic N) is 3. The van der Waals surface area contributed by atoms with Crippen LogP contribution in [0.15, 0.2) is 28.8 Å². The molecule has 4 rings (SSSR count). The minimum absolute atomic E-state index is 0.0592. The van der Waals surface area contributed by atoms with Crippen molar-refractivity contribution in [3.63, 3.8) is 0 Å². The summed E-state index contributed by atoms with van der Waals surface area (Å²) in [5.41, 5.74) is 1.42. The van der Waals surface area contributed by atoms with Gasteiger partial charge in [-0.1, -0.05) is 5.16 Å². The smallest absolute Gasteiger partial charge is 0.257 e. The number of β-amino-alcohol motifs (C(OH)–C–C–N with tert-alkyl or cyclic N) is 1. The van der Waals surface area contributed by atoms with Crippen LogP contribution in [0.4, 0.5) is 0 Å². The van der Waals surface area contributed by atoms with Crippen LogP contribution in [0.1, 0.15) is 34.9 Å². The molecule has 1 aliphatic heterocycles. The molecular weight excluding hydrogens is 270 g/mol. The maximum absolute atomic E-state index is 12.1. The molecule has 2 aliphatic rings. The number of aliphatic hydroxyl groups excluding tert-OH is 1. The first-order valence-corrected chi connectivity index (χ1v) is 7.12. The van der Waals surface area contributed by atoms with Gasteiger partial charge in [-0.15, -0.1) is 0 Å². The summed E-state index contributed by atoms with van der Waals surface area (Å²) in [4.78, 5) is 18.1. The predicted molar refractivity (Wildman–Crippen MR) is 73.6 cm³/mol. The van der Waals surface area contributed by atoms with Crippen LogP contribution >= 0.6 is 0 Å². The maximum Gasteiger partial charge on any atom is 0.257 e. The van der Waals surface area contributed by atoms with Crippen molar-refractivity contribution >= 4 is 5.91 Å². The molecule has 2 fully saturated rings. The molecule has 1 aromatic heterocycles. The number of hydrogen-bond donors (Lipinski definition) is 1. The summed E-state index contributed by atoms with van der Waals surface area (Å²) in [6.07, 6.45) is 1.88. The van der Waals surface area contributed by atoms with Gasteiger partial charge in [-0.3, -0.25) is 4.79 Å². The summed E-state index contributed by atoms with van der Waals surface area (Å²) in [5.74, 6) is 1.67. The SMILES string of the molecule is O=C(c1ccc(-c2nc(C3CC3)no2)cc1)N1CC(O)C1. The zero-order chi connectivity index (χ0) is 14.4. The third-order valence-electron chi connectivity index (χ3n) is 3.91. The lowest BCUT2D eigenvalue weighted by Gasteiger charge is -2.35. The summed E-state index contributed by atoms with van der Waals surface area (Å²) in [6.45, 7) is 0.823. The van der Waals surface area contributed by atoms with E-state index >= 15 is 0 Å². The monoisotopic (exact) mass is 285 g/mol.